The minimum Gasteiger partial charge on any atom is -0.494 e. The molecule has 25 heavy (non-hydrogen) atoms. The van der Waals surface area contributed by atoms with Crippen LogP contribution in [-0.2, 0) is 14.2 Å². The number of hydrogen-bond acceptors (Lipinski definition) is 4. The fraction of sp³-hybridized carbons (Fsp3) is 0.800. The van der Waals surface area contributed by atoms with Crippen LogP contribution in [-0.4, -0.2) is 58.7 Å². The number of ether oxygens (including phenoxy) is 3. The maximum Gasteiger partial charge on any atom is 0.157 e. The molecule has 1 fully saturated rings. The molecule has 2 rings (SSSR count). The van der Waals surface area contributed by atoms with Gasteiger partial charge in [-0.25, -0.2) is 0 Å². The van der Waals surface area contributed by atoms with Gasteiger partial charge in [-0.05, 0) is 43.8 Å². The van der Waals surface area contributed by atoms with Crippen LogP contribution in [0.3, 0.4) is 0 Å². The molecule has 0 saturated carbocycles. The van der Waals surface area contributed by atoms with Gasteiger partial charge in [0.15, 0.2) is 6.29 Å². The predicted octanol–water partition coefficient (Wildman–Crippen LogP) is 4.35. The highest BCUT2D eigenvalue weighted by molar-refractivity contribution is 6.87. The van der Waals surface area contributed by atoms with Gasteiger partial charge in [0.05, 0.1) is 33.4 Å². The lowest BCUT2D eigenvalue weighted by Crippen LogP contribution is -2.42. The molecule has 0 aromatic rings. The molecule has 2 aliphatic rings. The zero-order valence-corrected chi connectivity index (χ0v) is 18.4. The smallest absolute Gasteiger partial charge is 0.157 e. The number of allylic oxidation sites excluding steroid dienone is 1. The van der Waals surface area contributed by atoms with Gasteiger partial charge in [-0.3, -0.25) is 4.90 Å². The minimum absolute atomic E-state index is 0.0638. The summed E-state index contributed by atoms with van der Waals surface area (Å²) < 4.78 is 17.4. The summed E-state index contributed by atoms with van der Waals surface area (Å²) in [6.45, 7) is 16.2. The summed E-state index contributed by atoms with van der Waals surface area (Å²) in [6, 6.07) is 0. The molecule has 0 aromatic heterocycles. The maximum atomic E-state index is 6.11. The van der Waals surface area contributed by atoms with Crippen LogP contribution in [0.5, 0.6) is 0 Å². The fourth-order valence-corrected chi connectivity index (χ4v) is 5.56. The van der Waals surface area contributed by atoms with Crippen molar-refractivity contribution in [2.45, 2.75) is 70.5 Å². The van der Waals surface area contributed by atoms with Crippen molar-refractivity contribution in [3.63, 3.8) is 0 Å². The highest BCUT2D eigenvalue weighted by Gasteiger charge is 2.46. The van der Waals surface area contributed by atoms with Crippen molar-refractivity contribution >= 4 is 8.07 Å². The van der Waals surface area contributed by atoms with Crippen molar-refractivity contribution < 1.29 is 14.2 Å². The molecular formula is C20H37NO3Si. The van der Waals surface area contributed by atoms with Gasteiger partial charge in [-0.1, -0.05) is 39.9 Å². The van der Waals surface area contributed by atoms with Gasteiger partial charge < -0.3 is 14.2 Å². The first-order chi connectivity index (χ1) is 11.5. The van der Waals surface area contributed by atoms with E-state index in [1.165, 1.54) is 5.20 Å². The van der Waals surface area contributed by atoms with E-state index < -0.39 is 8.07 Å². The highest BCUT2D eigenvalue weighted by Crippen LogP contribution is 2.48. The molecular weight excluding hydrogens is 330 g/mol. The molecule has 0 radical (unpaired) electrons. The third-order valence-electron chi connectivity index (χ3n) is 6.19. The molecule has 1 heterocycles. The Morgan fingerprint density at radius 2 is 1.80 bits per heavy atom. The standard InChI is InChI=1S/C20H37NO3Si/c1-9-22-16-14-20(21(5)6,11-10-18-23-12-13-24-18)15-17(16)25(7,8)19(2,3)4/h14-15,18H,9-13H2,1-8H3. The van der Waals surface area contributed by atoms with Crippen LogP contribution in [0.15, 0.2) is 23.1 Å². The van der Waals surface area contributed by atoms with E-state index in [0.717, 1.165) is 18.6 Å². The van der Waals surface area contributed by atoms with E-state index in [2.05, 4.69) is 71.9 Å². The second-order valence-corrected chi connectivity index (χ2v) is 14.3. The lowest BCUT2D eigenvalue weighted by atomic mass is 9.93. The molecule has 1 saturated heterocycles. The van der Waals surface area contributed by atoms with E-state index in [0.29, 0.717) is 19.8 Å². The molecule has 0 spiro atoms. The molecule has 1 aliphatic carbocycles. The highest BCUT2D eigenvalue weighted by atomic mass is 28.3. The molecule has 0 N–H and O–H groups in total. The summed E-state index contributed by atoms with van der Waals surface area (Å²) in [5.41, 5.74) is -0.120. The van der Waals surface area contributed by atoms with E-state index in [1.807, 2.05) is 0 Å². The van der Waals surface area contributed by atoms with E-state index in [-0.39, 0.29) is 16.9 Å². The lowest BCUT2D eigenvalue weighted by Gasteiger charge is -2.39. The monoisotopic (exact) mass is 367 g/mol. The van der Waals surface area contributed by atoms with Crippen molar-refractivity contribution in [3.8, 4) is 0 Å². The molecule has 144 valence electrons. The van der Waals surface area contributed by atoms with Crippen LogP contribution in [0.4, 0.5) is 0 Å². The average Bonchev–Trinajstić information content (AvgIpc) is 3.12. The van der Waals surface area contributed by atoms with Gasteiger partial charge in [-0.2, -0.15) is 0 Å². The van der Waals surface area contributed by atoms with Crippen LogP contribution in [0.25, 0.3) is 0 Å². The molecule has 0 amide bonds. The zero-order chi connectivity index (χ0) is 18.9. The van der Waals surface area contributed by atoms with Crippen LogP contribution in [0.1, 0.15) is 40.5 Å². The molecule has 0 bridgehead atoms. The Balaban J connectivity index is 2.35. The van der Waals surface area contributed by atoms with Crippen LogP contribution < -0.4 is 0 Å². The number of likely N-dealkylation sites (N-methyl/N-ethyl adjacent to an activating group) is 1. The maximum absolute atomic E-state index is 6.11. The number of rotatable bonds is 7. The topological polar surface area (TPSA) is 30.9 Å². The van der Waals surface area contributed by atoms with Crippen molar-refractivity contribution in [2.24, 2.45) is 0 Å². The molecule has 4 nitrogen and oxygen atoms in total. The third kappa shape index (κ3) is 4.21. The Hall–Kier alpha value is -0.623. The first kappa shape index (κ1) is 20.7. The first-order valence-electron chi connectivity index (χ1n) is 9.53. The van der Waals surface area contributed by atoms with Crippen molar-refractivity contribution in [2.75, 3.05) is 33.9 Å². The van der Waals surface area contributed by atoms with E-state index in [4.69, 9.17) is 14.2 Å². The van der Waals surface area contributed by atoms with E-state index in [1.54, 1.807) is 0 Å². The minimum atomic E-state index is -1.69. The summed E-state index contributed by atoms with van der Waals surface area (Å²) in [4.78, 5) is 2.31. The predicted molar refractivity (Wildman–Crippen MR) is 106 cm³/mol. The van der Waals surface area contributed by atoms with Crippen LogP contribution >= 0.6 is 0 Å². The largest absolute Gasteiger partial charge is 0.494 e. The molecule has 1 aliphatic heterocycles. The Bertz CT molecular complexity index is 528. The summed E-state index contributed by atoms with van der Waals surface area (Å²) in [5.74, 6) is 1.09. The lowest BCUT2D eigenvalue weighted by molar-refractivity contribution is -0.0520. The average molecular weight is 368 g/mol. The van der Waals surface area contributed by atoms with Gasteiger partial charge in [0.1, 0.15) is 5.76 Å². The van der Waals surface area contributed by atoms with Crippen molar-refractivity contribution in [1.82, 2.24) is 4.90 Å². The molecule has 0 aromatic carbocycles. The molecule has 1 unspecified atom stereocenters. The fourth-order valence-electron chi connectivity index (χ4n) is 3.38. The van der Waals surface area contributed by atoms with E-state index in [9.17, 15) is 0 Å². The normalized spacial score (nSPS) is 25.5. The number of nitrogens with zero attached hydrogens (tertiary/aromatic N) is 1. The Morgan fingerprint density at radius 3 is 2.28 bits per heavy atom. The van der Waals surface area contributed by atoms with Crippen molar-refractivity contribution in [3.05, 3.63) is 23.1 Å². The van der Waals surface area contributed by atoms with Crippen molar-refractivity contribution in [1.29, 1.82) is 0 Å². The third-order valence-corrected chi connectivity index (χ3v) is 11.7. The Kier molecular flexibility index (Phi) is 6.25. The summed E-state index contributed by atoms with van der Waals surface area (Å²) >= 11 is 0. The van der Waals surface area contributed by atoms with Gasteiger partial charge >= 0.3 is 0 Å². The first-order valence-corrected chi connectivity index (χ1v) is 12.5. The second kappa shape index (κ2) is 7.55. The summed E-state index contributed by atoms with van der Waals surface area (Å²) in [5, 5.41) is 1.72. The van der Waals surface area contributed by atoms with Gasteiger partial charge in [0.25, 0.3) is 0 Å². The van der Waals surface area contributed by atoms with Crippen LogP contribution in [0, 0.1) is 0 Å². The SMILES string of the molecule is CCOC1=CC(CCC2OCCO2)(N(C)C)C=C1[Si](C)(C)C(C)(C)C. The van der Waals surface area contributed by atoms with E-state index >= 15 is 0 Å². The number of hydrogen-bond donors (Lipinski definition) is 0. The Labute approximate surface area is 155 Å². The summed E-state index contributed by atoms with van der Waals surface area (Å²) in [6.07, 6.45) is 6.62. The quantitative estimate of drug-likeness (QED) is 0.626. The zero-order valence-electron chi connectivity index (χ0n) is 17.4. The van der Waals surface area contributed by atoms with Gasteiger partial charge in [0.2, 0.25) is 0 Å². The molecule has 5 heteroatoms. The van der Waals surface area contributed by atoms with Gasteiger partial charge in [-0.15, -0.1) is 0 Å². The molecule has 1 atom stereocenters. The van der Waals surface area contributed by atoms with Crippen LogP contribution in [0.2, 0.25) is 18.1 Å². The summed E-state index contributed by atoms with van der Waals surface area (Å²) in [7, 11) is 2.62. The Morgan fingerprint density at radius 1 is 1.20 bits per heavy atom. The van der Waals surface area contributed by atoms with Gasteiger partial charge in [0, 0.05) is 6.42 Å². The second-order valence-electron chi connectivity index (χ2n) is 8.97.